The van der Waals surface area contributed by atoms with Crippen molar-refractivity contribution < 1.29 is 9.90 Å². The van der Waals surface area contributed by atoms with E-state index in [1.807, 2.05) is 13.0 Å². The van der Waals surface area contributed by atoms with Gasteiger partial charge in [-0.15, -0.1) is 0 Å². The molecule has 1 aliphatic carbocycles. The third-order valence-corrected chi connectivity index (χ3v) is 1.32. The summed E-state index contributed by atoms with van der Waals surface area (Å²) >= 11 is 0. The lowest BCUT2D eigenvalue weighted by Crippen LogP contribution is -1.87. The van der Waals surface area contributed by atoms with E-state index in [0.29, 0.717) is 0 Å². The van der Waals surface area contributed by atoms with Crippen LogP contribution in [0, 0.1) is 0 Å². The molecule has 13 heavy (non-hydrogen) atoms. The Kier molecular flexibility index (Phi) is 6.98. The zero-order chi connectivity index (χ0) is 10.1. The SMILES string of the molecule is C1CC1.CCC=CC(C)=CC(=O)O. The van der Waals surface area contributed by atoms with Crippen molar-refractivity contribution in [1.82, 2.24) is 0 Å². The number of carboxylic acid groups (broad SMARTS) is 1. The van der Waals surface area contributed by atoms with Gasteiger partial charge in [-0.05, 0) is 18.9 Å². The molecule has 0 heterocycles. The topological polar surface area (TPSA) is 37.3 Å². The van der Waals surface area contributed by atoms with Crippen LogP contribution in [0.15, 0.2) is 23.8 Å². The van der Waals surface area contributed by atoms with Gasteiger partial charge in [0.15, 0.2) is 0 Å². The van der Waals surface area contributed by atoms with Crippen LogP contribution in [-0.4, -0.2) is 11.1 Å². The third kappa shape index (κ3) is 13.9. The molecule has 0 aliphatic heterocycles. The average Bonchev–Trinajstić information content (AvgIpc) is 2.84. The first kappa shape index (κ1) is 11.9. The van der Waals surface area contributed by atoms with Gasteiger partial charge in [0.1, 0.15) is 0 Å². The van der Waals surface area contributed by atoms with Gasteiger partial charge in [-0.1, -0.05) is 38.3 Å². The molecule has 0 saturated heterocycles. The van der Waals surface area contributed by atoms with Crippen LogP contribution in [0.5, 0.6) is 0 Å². The van der Waals surface area contributed by atoms with Crippen LogP contribution in [0.1, 0.15) is 39.5 Å². The minimum Gasteiger partial charge on any atom is -0.478 e. The van der Waals surface area contributed by atoms with Crippen molar-refractivity contribution in [3.63, 3.8) is 0 Å². The summed E-state index contributed by atoms with van der Waals surface area (Å²) in [4.78, 5) is 10.1. The molecule has 0 aromatic carbocycles. The van der Waals surface area contributed by atoms with Crippen LogP contribution in [0.25, 0.3) is 0 Å². The predicted octanol–water partition coefficient (Wildman–Crippen LogP) is 3.15. The molecule has 2 nitrogen and oxygen atoms in total. The first-order valence-electron chi connectivity index (χ1n) is 4.74. The van der Waals surface area contributed by atoms with E-state index in [1.54, 1.807) is 13.0 Å². The number of hydrogen-bond donors (Lipinski definition) is 1. The Balaban J connectivity index is 0.000000396. The summed E-state index contributed by atoms with van der Waals surface area (Å²) < 4.78 is 0. The van der Waals surface area contributed by atoms with Crippen molar-refractivity contribution in [1.29, 1.82) is 0 Å². The maximum atomic E-state index is 10.1. The van der Waals surface area contributed by atoms with Crippen molar-refractivity contribution in [2.45, 2.75) is 39.5 Å². The van der Waals surface area contributed by atoms with Gasteiger partial charge < -0.3 is 5.11 Å². The smallest absolute Gasteiger partial charge is 0.328 e. The minimum absolute atomic E-state index is 0.773. The van der Waals surface area contributed by atoms with E-state index in [0.717, 1.165) is 12.0 Å². The quantitative estimate of drug-likeness (QED) is 0.537. The van der Waals surface area contributed by atoms with Crippen molar-refractivity contribution in [3.05, 3.63) is 23.8 Å². The fourth-order valence-corrected chi connectivity index (χ4v) is 0.547. The van der Waals surface area contributed by atoms with E-state index in [-0.39, 0.29) is 0 Å². The number of carbonyl (C=O) groups is 1. The first-order valence-corrected chi connectivity index (χ1v) is 4.74. The number of aliphatic carboxylic acids is 1. The molecule has 0 unspecified atom stereocenters. The second-order valence-electron chi connectivity index (χ2n) is 3.10. The zero-order valence-corrected chi connectivity index (χ0v) is 8.42. The van der Waals surface area contributed by atoms with Gasteiger partial charge in [-0.25, -0.2) is 4.79 Å². The van der Waals surface area contributed by atoms with Crippen molar-refractivity contribution in [2.24, 2.45) is 0 Å². The Morgan fingerprint density at radius 3 is 2.23 bits per heavy atom. The molecule has 0 spiro atoms. The van der Waals surface area contributed by atoms with E-state index in [4.69, 9.17) is 5.11 Å². The van der Waals surface area contributed by atoms with Gasteiger partial charge in [0.05, 0.1) is 0 Å². The van der Waals surface area contributed by atoms with E-state index in [9.17, 15) is 4.79 Å². The Morgan fingerprint density at radius 1 is 1.38 bits per heavy atom. The minimum atomic E-state index is -0.891. The fourth-order valence-electron chi connectivity index (χ4n) is 0.547. The molecule has 0 aromatic rings. The Bertz CT molecular complexity index is 197. The van der Waals surface area contributed by atoms with E-state index >= 15 is 0 Å². The fraction of sp³-hybridized carbons (Fsp3) is 0.545. The molecular weight excluding hydrogens is 164 g/mol. The van der Waals surface area contributed by atoms with Crippen molar-refractivity contribution in [2.75, 3.05) is 0 Å². The highest BCUT2D eigenvalue weighted by atomic mass is 16.4. The summed E-state index contributed by atoms with van der Waals surface area (Å²) in [5.41, 5.74) is 0.773. The van der Waals surface area contributed by atoms with Crippen LogP contribution >= 0.6 is 0 Å². The molecular formula is C11H18O2. The highest BCUT2D eigenvalue weighted by Crippen LogP contribution is 2.14. The van der Waals surface area contributed by atoms with Gasteiger partial charge in [-0.2, -0.15) is 0 Å². The van der Waals surface area contributed by atoms with E-state index in [1.165, 1.54) is 25.3 Å². The lowest BCUT2D eigenvalue weighted by atomic mass is 10.2. The summed E-state index contributed by atoms with van der Waals surface area (Å²) in [6.45, 7) is 3.77. The second kappa shape index (κ2) is 7.59. The monoisotopic (exact) mass is 182 g/mol. The normalized spacial score (nSPS) is 15.1. The van der Waals surface area contributed by atoms with Gasteiger partial charge in [0.2, 0.25) is 0 Å². The molecule has 2 heteroatoms. The number of rotatable bonds is 3. The third-order valence-electron chi connectivity index (χ3n) is 1.32. The highest BCUT2D eigenvalue weighted by molar-refractivity contribution is 5.81. The summed E-state index contributed by atoms with van der Waals surface area (Å²) in [5, 5.41) is 8.27. The molecule has 1 N–H and O–H groups in total. The second-order valence-corrected chi connectivity index (χ2v) is 3.10. The molecule has 1 fully saturated rings. The van der Waals surface area contributed by atoms with Crippen molar-refractivity contribution >= 4 is 5.97 Å². The van der Waals surface area contributed by atoms with Crippen LogP contribution in [0.2, 0.25) is 0 Å². The summed E-state index contributed by atoms with van der Waals surface area (Å²) in [5.74, 6) is -0.891. The van der Waals surface area contributed by atoms with Crippen molar-refractivity contribution in [3.8, 4) is 0 Å². The van der Waals surface area contributed by atoms with Gasteiger partial charge in [0, 0.05) is 6.08 Å². The molecule has 1 saturated carbocycles. The number of hydrogen-bond acceptors (Lipinski definition) is 1. The molecule has 1 aliphatic rings. The largest absolute Gasteiger partial charge is 0.478 e. The molecule has 0 bridgehead atoms. The predicted molar refractivity (Wildman–Crippen MR) is 54.7 cm³/mol. The van der Waals surface area contributed by atoms with E-state index in [2.05, 4.69) is 0 Å². The summed E-state index contributed by atoms with van der Waals surface area (Å²) in [6.07, 6.45) is 10.3. The van der Waals surface area contributed by atoms with Gasteiger partial charge in [0.25, 0.3) is 0 Å². The molecule has 74 valence electrons. The maximum absolute atomic E-state index is 10.1. The highest BCUT2D eigenvalue weighted by Gasteiger charge is 1.95. The van der Waals surface area contributed by atoms with E-state index < -0.39 is 5.97 Å². The Labute approximate surface area is 80.0 Å². The standard InChI is InChI=1S/C8H12O2.C3H6/c1-3-4-5-7(2)6-8(9)10;1-2-3-1/h4-6H,3H2,1-2H3,(H,9,10);1-3H2. The average molecular weight is 182 g/mol. The Morgan fingerprint density at radius 2 is 1.92 bits per heavy atom. The van der Waals surface area contributed by atoms with Crippen LogP contribution in [0.3, 0.4) is 0 Å². The number of carboxylic acids is 1. The molecule has 0 radical (unpaired) electrons. The Hall–Kier alpha value is -1.05. The maximum Gasteiger partial charge on any atom is 0.328 e. The van der Waals surface area contributed by atoms with Crippen LogP contribution in [0.4, 0.5) is 0 Å². The first-order chi connectivity index (χ1) is 6.16. The lowest BCUT2D eigenvalue weighted by molar-refractivity contribution is -0.131. The van der Waals surface area contributed by atoms with Gasteiger partial charge >= 0.3 is 5.97 Å². The summed E-state index contributed by atoms with van der Waals surface area (Å²) in [7, 11) is 0. The summed E-state index contributed by atoms with van der Waals surface area (Å²) in [6, 6.07) is 0. The van der Waals surface area contributed by atoms with Crippen LogP contribution < -0.4 is 0 Å². The lowest BCUT2D eigenvalue weighted by Gasteiger charge is -1.86. The zero-order valence-electron chi connectivity index (χ0n) is 8.42. The molecule has 0 aromatic heterocycles. The number of allylic oxidation sites excluding steroid dienone is 3. The molecule has 0 amide bonds. The van der Waals surface area contributed by atoms with Crippen LogP contribution in [-0.2, 0) is 4.79 Å². The molecule has 0 atom stereocenters. The van der Waals surface area contributed by atoms with Gasteiger partial charge in [-0.3, -0.25) is 0 Å². The molecule has 1 rings (SSSR count).